The number of hydrogen-bond acceptors (Lipinski definition) is 3. The van der Waals surface area contributed by atoms with E-state index in [0.717, 1.165) is 5.56 Å². The predicted molar refractivity (Wildman–Crippen MR) is 104 cm³/mol. The number of benzene rings is 2. The first-order valence-electron chi connectivity index (χ1n) is 7.63. The summed E-state index contributed by atoms with van der Waals surface area (Å²) in [4.78, 5) is 0.0427. The van der Waals surface area contributed by atoms with Crippen molar-refractivity contribution >= 4 is 45.6 Å². The highest BCUT2D eigenvalue weighted by atomic mass is 35.5. The van der Waals surface area contributed by atoms with Crippen LogP contribution in [0.15, 0.2) is 53.4 Å². The molecular formula is C17H19Cl3N2O2S. The summed E-state index contributed by atoms with van der Waals surface area (Å²) in [5.41, 5.74) is 6.99. The maximum Gasteiger partial charge on any atom is 0.244 e. The maximum atomic E-state index is 13.0. The van der Waals surface area contributed by atoms with Gasteiger partial charge in [-0.2, -0.15) is 4.31 Å². The molecule has 2 atom stereocenters. The lowest BCUT2D eigenvalue weighted by Gasteiger charge is -2.18. The van der Waals surface area contributed by atoms with Crippen molar-refractivity contribution in [1.29, 1.82) is 0 Å². The van der Waals surface area contributed by atoms with Crippen molar-refractivity contribution in [2.45, 2.75) is 10.8 Å². The van der Waals surface area contributed by atoms with Crippen LogP contribution in [0.4, 0.5) is 0 Å². The van der Waals surface area contributed by atoms with Crippen LogP contribution in [0.25, 0.3) is 0 Å². The van der Waals surface area contributed by atoms with Gasteiger partial charge in [0.05, 0.1) is 5.02 Å². The van der Waals surface area contributed by atoms with E-state index in [9.17, 15) is 8.42 Å². The Balaban J connectivity index is 0.00000225. The van der Waals surface area contributed by atoms with Crippen molar-refractivity contribution in [3.8, 4) is 0 Å². The van der Waals surface area contributed by atoms with Crippen LogP contribution in [-0.2, 0) is 10.0 Å². The standard InChI is InChI=1S/C17H18Cl2N2O2S.ClH/c18-14-6-7-16(19)17(8-14)24(22,23)21-10-13(9-20)15(11-21)12-4-2-1-3-5-12;/h1-8,13,15H,9-11,20H2;1H/t13-,15+;/m1./s1. The summed E-state index contributed by atoms with van der Waals surface area (Å²) in [5.74, 6) is 0.143. The molecule has 1 aliphatic heterocycles. The number of nitrogens with zero attached hydrogens (tertiary/aromatic N) is 1. The fourth-order valence-corrected chi connectivity index (χ4v) is 5.42. The molecule has 136 valence electrons. The summed E-state index contributed by atoms with van der Waals surface area (Å²) in [6, 6.07) is 14.3. The van der Waals surface area contributed by atoms with Gasteiger partial charge < -0.3 is 5.73 Å². The van der Waals surface area contributed by atoms with E-state index in [2.05, 4.69) is 0 Å². The number of hydrogen-bond donors (Lipinski definition) is 1. The Hall–Kier alpha value is -0.820. The van der Waals surface area contributed by atoms with E-state index in [1.54, 1.807) is 6.07 Å². The van der Waals surface area contributed by atoms with Gasteiger partial charge in [-0.3, -0.25) is 0 Å². The molecule has 0 aromatic heterocycles. The van der Waals surface area contributed by atoms with Gasteiger partial charge in [0.2, 0.25) is 10.0 Å². The Labute approximate surface area is 164 Å². The van der Waals surface area contributed by atoms with Crippen LogP contribution < -0.4 is 5.73 Å². The van der Waals surface area contributed by atoms with Crippen LogP contribution in [0.5, 0.6) is 0 Å². The smallest absolute Gasteiger partial charge is 0.244 e. The fraction of sp³-hybridized carbons (Fsp3) is 0.294. The highest BCUT2D eigenvalue weighted by Gasteiger charge is 2.40. The second-order valence-electron chi connectivity index (χ2n) is 5.91. The minimum absolute atomic E-state index is 0. The molecule has 3 rings (SSSR count). The molecule has 1 heterocycles. The van der Waals surface area contributed by atoms with Crippen LogP contribution in [0, 0.1) is 5.92 Å². The summed E-state index contributed by atoms with van der Waals surface area (Å²) < 4.78 is 27.4. The third kappa shape index (κ3) is 4.13. The molecule has 2 N–H and O–H groups in total. The largest absolute Gasteiger partial charge is 0.330 e. The van der Waals surface area contributed by atoms with Crippen molar-refractivity contribution in [3.05, 3.63) is 64.1 Å². The normalized spacial score (nSPS) is 21.1. The van der Waals surface area contributed by atoms with Gasteiger partial charge in [0.25, 0.3) is 0 Å². The Bertz CT molecular complexity index is 831. The molecule has 1 aliphatic rings. The number of halogens is 3. The molecule has 0 radical (unpaired) electrons. The van der Waals surface area contributed by atoms with Gasteiger partial charge in [-0.05, 0) is 36.2 Å². The van der Waals surface area contributed by atoms with E-state index < -0.39 is 10.0 Å². The number of nitrogens with two attached hydrogens (primary N) is 1. The Kier molecular flexibility index (Phi) is 6.76. The van der Waals surface area contributed by atoms with Crippen LogP contribution in [0.3, 0.4) is 0 Å². The minimum atomic E-state index is -3.71. The fourth-order valence-electron chi connectivity index (χ4n) is 3.16. The first-order valence-corrected chi connectivity index (χ1v) is 9.83. The summed E-state index contributed by atoms with van der Waals surface area (Å²) in [6.07, 6.45) is 0. The molecule has 1 saturated heterocycles. The quantitative estimate of drug-likeness (QED) is 0.817. The highest BCUT2D eigenvalue weighted by Crippen LogP contribution is 2.37. The maximum absolute atomic E-state index is 13.0. The molecule has 4 nitrogen and oxygen atoms in total. The third-order valence-electron chi connectivity index (χ3n) is 4.45. The van der Waals surface area contributed by atoms with Gasteiger partial charge in [-0.1, -0.05) is 53.5 Å². The topological polar surface area (TPSA) is 63.4 Å². The molecule has 0 bridgehead atoms. The lowest BCUT2D eigenvalue weighted by molar-refractivity contribution is 0.459. The van der Waals surface area contributed by atoms with Gasteiger partial charge in [-0.15, -0.1) is 12.4 Å². The molecule has 0 unspecified atom stereocenters. The molecule has 1 fully saturated rings. The van der Waals surface area contributed by atoms with Crippen molar-refractivity contribution in [3.63, 3.8) is 0 Å². The van der Waals surface area contributed by atoms with E-state index in [1.807, 2.05) is 30.3 Å². The molecule has 8 heteroatoms. The monoisotopic (exact) mass is 420 g/mol. The second-order valence-corrected chi connectivity index (χ2v) is 8.66. The zero-order valence-electron chi connectivity index (χ0n) is 13.3. The summed E-state index contributed by atoms with van der Waals surface area (Å²) in [7, 11) is -3.71. The molecular weight excluding hydrogens is 403 g/mol. The Morgan fingerprint density at radius 2 is 1.76 bits per heavy atom. The van der Waals surface area contributed by atoms with Crippen LogP contribution >= 0.6 is 35.6 Å². The van der Waals surface area contributed by atoms with Gasteiger partial charge in [0, 0.05) is 24.0 Å². The van der Waals surface area contributed by atoms with Crippen LogP contribution in [0.1, 0.15) is 11.5 Å². The van der Waals surface area contributed by atoms with E-state index in [0.29, 0.717) is 24.7 Å². The minimum Gasteiger partial charge on any atom is -0.330 e. The highest BCUT2D eigenvalue weighted by molar-refractivity contribution is 7.89. The molecule has 2 aromatic carbocycles. The second kappa shape index (κ2) is 8.25. The van der Waals surface area contributed by atoms with E-state index in [4.69, 9.17) is 28.9 Å². The van der Waals surface area contributed by atoms with Crippen molar-refractivity contribution in [1.82, 2.24) is 4.31 Å². The summed E-state index contributed by atoms with van der Waals surface area (Å²) in [6.45, 7) is 1.19. The molecule has 25 heavy (non-hydrogen) atoms. The summed E-state index contributed by atoms with van der Waals surface area (Å²) in [5, 5.41) is 0.513. The average Bonchev–Trinajstić information content (AvgIpc) is 3.03. The van der Waals surface area contributed by atoms with Crippen molar-refractivity contribution in [2.24, 2.45) is 11.7 Å². The van der Waals surface area contributed by atoms with Gasteiger partial charge in [-0.25, -0.2) is 8.42 Å². The average molecular weight is 422 g/mol. The molecule has 0 saturated carbocycles. The van der Waals surface area contributed by atoms with E-state index >= 15 is 0 Å². The number of sulfonamides is 1. The Morgan fingerprint density at radius 1 is 1.08 bits per heavy atom. The molecule has 0 aliphatic carbocycles. The van der Waals surface area contributed by atoms with Crippen molar-refractivity contribution in [2.75, 3.05) is 19.6 Å². The molecule has 0 amide bonds. The first kappa shape index (κ1) is 20.5. The lowest BCUT2D eigenvalue weighted by atomic mass is 9.89. The zero-order chi connectivity index (χ0) is 17.3. The van der Waals surface area contributed by atoms with Gasteiger partial charge >= 0.3 is 0 Å². The predicted octanol–water partition coefficient (Wildman–Crippen LogP) is 3.78. The van der Waals surface area contributed by atoms with E-state index in [1.165, 1.54) is 16.4 Å². The van der Waals surface area contributed by atoms with Gasteiger partial charge in [0.1, 0.15) is 4.90 Å². The summed E-state index contributed by atoms with van der Waals surface area (Å²) >= 11 is 12.0. The van der Waals surface area contributed by atoms with Crippen LogP contribution in [0.2, 0.25) is 10.0 Å². The number of rotatable bonds is 4. The lowest BCUT2D eigenvalue weighted by Crippen LogP contribution is -2.30. The Morgan fingerprint density at radius 3 is 2.40 bits per heavy atom. The zero-order valence-corrected chi connectivity index (χ0v) is 16.5. The van der Waals surface area contributed by atoms with Crippen molar-refractivity contribution < 1.29 is 8.42 Å². The molecule has 0 spiro atoms. The van der Waals surface area contributed by atoms with E-state index in [-0.39, 0.29) is 34.2 Å². The molecule has 2 aromatic rings. The van der Waals surface area contributed by atoms with Crippen LogP contribution in [-0.4, -0.2) is 32.4 Å². The third-order valence-corrected chi connectivity index (χ3v) is 7.00. The SMILES string of the molecule is Cl.NC[C@@H]1CN(S(=O)(=O)c2cc(Cl)ccc2Cl)C[C@H]1c1ccccc1. The van der Waals surface area contributed by atoms with Gasteiger partial charge in [0.15, 0.2) is 0 Å². The first-order chi connectivity index (χ1) is 11.4.